The Morgan fingerprint density at radius 2 is 2.36 bits per heavy atom. The molecule has 0 aliphatic rings. The van der Waals surface area contributed by atoms with Crippen molar-refractivity contribution in [2.75, 3.05) is 5.32 Å². The molecule has 0 aromatic carbocycles. The summed E-state index contributed by atoms with van der Waals surface area (Å²) in [7, 11) is 0. The summed E-state index contributed by atoms with van der Waals surface area (Å²) in [5.74, 6) is 0.284. The minimum atomic E-state index is -0.527. The fourth-order valence-electron chi connectivity index (χ4n) is 0.848. The number of aryl methyl sites for hydroxylation is 1. The monoisotopic (exact) mass is 257 g/mol. The van der Waals surface area contributed by atoms with Crippen LogP contribution in [0.4, 0.5) is 5.82 Å². The van der Waals surface area contributed by atoms with E-state index in [4.69, 9.17) is 5.73 Å². The maximum atomic E-state index is 11.2. The molecule has 1 aromatic heterocycles. The summed E-state index contributed by atoms with van der Waals surface area (Å²) in [4.78, 5) is 15.2. The van der Waals surface area contributed by atoms with Crippen LogP contribution < -0.4 is 11.1 Å². The molecule has 0 spiro atoms. The van der Waals surface area contributed by atoms with Gasteiger partial charge in [0.25, 0.3) is 0 Å². The lowest BCUT2D eigenvalue weighted by Gasteiger charge is -2.07. The third kappa shape index (κ3) is 2.78. The van der Waals surface area contributed by atoms with Gasteiger partial charge in [0.2, 0.25) is 5.91 Å². The summed E-state index contributed by atoms with van der Waals surface area (Å²) in [6, 6.07) is 1.26. The summed E-state index contributed by atoms with van der Waals surface area (Å²) >= 11 is 3.32. The van der Waals surface area contributed by atoms with Crippen molar-refractivity contribution in [2.45, 2.75) is 19.9 Å². The number of hydrogen-bond acceptors (Lipinski definition) is 3. The number of rotatable bonds is 2. The second kappa shape index (κ2) is 4.52. The van der Waals surface area contributed by atoms with Crippen molar-refractivity contribution < 1.29 is 4.79 Å². The Labute approximate surface area is 91.0 Å². The summed E-state index contributed by atoms with van der Waals surface area (Å²) in [5.41, 5.74) is 6.42. The third-order valence-electron chi connectivity index (χ3n) is 1.71. The van der Waals surface area contributed by atoms with E-state index in [1.807, 2.05) is 6.92 Å². The molecular formula is C9H12BrN3O. The molecule has 4 nitrogen and oxygen atoms in total. The third-order valence-corrected chi connectivity index (χ3v) is 2.54. The zero-order valence-electron chi connectivity index (χ0n) is 8.04. The Hall–Kier alpha value is -0.940. The van der Waals surface area contributed by atoms with Crippen molar-refractivity contribution in [3.63, 3.8) is 0 Å². The molecule has 0 radical (unpaired) electrons. The van der Waals surface area contributed by atoms with Gasteiger partial charge in [0, 0.05) is 10.7 Å². The smallest absolute Gasteiger partial charge is 0.242 e. The molecule has 0 aliphatic heterocycles. The molecule has 1 rings (SSSR count). The largest absolute Gasteiger partial charge is 0.320 e. The van der Waals surface area contributed by atoms with Gasteiger partial charge in [-0.25, -0.2) is 4.98 Å². The maximum absolute atomic E-state index is 11.2. The van der Waals surface area contributed by atoms with Gasteiger partial charge in [-0.15, -0.1) is 0 Å². The average Bonchev–Trinajstić information content (AvgIpc) is 2.11. The number of anilines is 1. The van der Waals surface area contributed by atoms with E-state index in [0.29, 0.717) is 5.82 Å². The van der Waals surface area contributed by atoms with Crippen LogP contribution in [-0.4, -0.2) is 16.9 Å². The van der Waals surface area contributed by atoms with E-state index in [-0.39, 0.29) is 5.91 Å². The summed E-state index contributed by atoms with van der Waals surface area (Å²) in [6.45, 7) is 3.55. The Morgan fingerprint density at radius 3 is 2.86 bits per heavy atom. The van der Waals surface area contributed by atoms with Crippen molar-refractivity contribution in [2.24, 2.45) is 5.73 Å². The van der Waals surface area contributed by atoms with Gasteiger partial charge in [-0.1, -0.05) is 0 Å². The van der Waals surface area contributed by atoms with Crippen molar-refractivity contribution >= 4 is 27.7 Å². The number of aromatic nitrogens is 1. The Balaban J connectivity index is 2.78. The van der Waals surface area contributed by atoms with Gasteiger partial charge in [0.05, 0.1) is 6.04 Å². The number of pyridine rings is 1. The lowest BCUT2D eigenvalue weighted by Crippen LogP contribution is -2.32. The number of nitrogens with one attached hydrogen (secondary N) is 1. The molecule has 0 fully saturated rings. The molecule has 1 amide bonds. The first-order valence-corrected chi connectivity index (χ1v) is 4.98. The number of halogens is 1. The summed E-state index contributed by atoms with van der Waals surface area (Å²) in [5, 5.41) is 2.61. The first kappa shape index (κ1) is 11.1. The summed E-state index contributed by atoms with van der Waals surface area (Å²) in [6.07, 6.45) is 1.64. The van der Waals surface area contributed by atoms with Crippen LogP contribution in [-0.2, 0) is 4.79 Å². The zero-order chi connectivity index (χ0) is 10.7. The highest BCUT2D eigenvalue weighted by Crippen LogP contribution is 2.17. The predicted molar refractivity (Wildman–Crippen MR) is 59.0 cm³/mol. The van der Waals surface area contributed by atoms with Crippen LogP contribution in [0.5, 0.6) is 0 Å². The van der Waals surface area contributed by atoms with Crippen molar-refractivity contribution in [3.8, 4) is 0 Å². The van der Waals surface area contributed by atoms with Crippen LogP contribution in [0.25, 0.3) is 0 Å². The van der Waals surface area contributed by atoms with Gasteiger partial charge in [-0.05, 0) is 41.4 Å². The standard InChI is InChI=1S/C9H12BrN3O/c1-5-3-8(12-4-7(5)10)13-9(14)6(2)11/h3-4,6H,11H2,1-2H3,(H,12,13,14)/t6-/m1/s1. The van der Waals surface area contributed by atoms with Crippen molar-refractivity contribution in [1.82, 2.24) is 4.98 Å². The van der Waals surface area contributed by atoms with Gasteiger partial charge in [0.15, 0.2) is 0 Å². The highest BCUT2D eigenvalue weighted by molar-refractivity contribution is 9.10. The van der Waals surface area contributed by atoms with Crippen LogP contribution in [0.15, 0.2) is 16.7 Å². The maximum Gasteiger partial charge on any atom is 0.242 e. The van der Waals surface area contributed by atoms with E-state index in [9.17, 15) is 4.79 Å². The molecule has 3 N–H and O–H groups in total. The lowest BCUT2D eigenvalue weighted by atomic mass is 10.3. The van der Waals surface area contributed by atoms with Gasteiger partial charge >= 0.3 is 0 Å². The van der Waals surface area contributed by atoms with Gasteiger partial charge in [-0.2, -0.15) is 0 Å². The van der Waals surface area contributed by atoms with E-state index in [0.717, 1.165) is 10.0 Å². The molecule has 1 heterocycles. The fourth-order valence-corrected chi connectivity index (χ4v) is 1.06. The molecule has 0 saturated carbocycles. The van der Waals surface area contributed by atoms with Crippen molar-refractivity contribution in [3.05, 3.63) is 22.3 Å². The SMILES string of the molecule is Cc1cc(NC(=O)[C@@H](C)N)ncc1Br. The molecule has 1 atom stereocenters. The molecule has 1 aromatic rings. The van der Waals surface area contributed by atoms with Crippen LogP contribution >= 0.6 is 15.9 Å². The molecule has 0 bridgehead atoms. The molecular weight excluding hydrogens is 246 g/mol. The number of carbonyl (C=O) groups is 1. The van der Waals surface area contributed by atoms with E-state index in [2.05, 4.69) is 26.2 Å². The minimum absolute atomic E-state index is 0.237. The van der Waals surface area contributed by atoms with Crippen molar-refractivity contribution in [1.29, 1.82) is 0 Å². The Bertz CT molecular complexity index is 352. The molecule has 14 heavy (non-hydrogen) atoms. The number of nitrogens with zero attached hydrogens (tertiary/aromatic N) is 1. The predicted octanol–water partition coefficient (Wildman–Crippen LogP) is 1.44. The van der Waals surface area contributed by atoms with Gasteiger partial charge < -0.3 is 11.1 Å². The minimum Gasteiger partial charge on any atom is -0.320 e. The van der Waals surface area contributed by atoms with E-state index in [1.54, 1.807) is 19.2 Å². The second-order valence-electron chi connectivity index (χ2n) is 3.10. The highest BCUT2D eigenvalue weighted by Gasteiger charge is 2.08. The van der Waals surface area contributed by atoms with Gasteiger partial charge in [0.1, 0.15) is 5.82 Å². The van der Waals surface area contributed by atoms with E-state index in [1.165, 1.54) is 0 Å². The molecule has 76 valence electrons. The van der Waals surface area contributed by atoms with Crippen LogP contribution in [0.1, 0.15) is 12.5 Å². The normalized spacial score (nSPS) is 12.3. The first-order valence-electron chi connectivity index (χ1n) is 4.19. The molecule has 0 aliphatic carbocycles. The number of hydrogen-bond donors (Lipinski definition) is 2. The second-order valence-corrected chi connectivity index (χ2v) is 3.95. The summed E-state index contributed by atoms with van der Waals surface area (Å²) < 4.78 is 0.913. The lowest BCUT2D eigenvalue weighted by molar-refractivity contribution is -0.117. The zero-order valence-corrected chi connectivity index (χ0v) is 9.63. The van der Waals surface area contributed by atoms with Gasteiger partial charge in [-0.3, -0.25) is 4.79 Å². The topological polar surface area (TPSA) is 68.0 Å². The van der Waals surface area contributed by atoms with E-state index >= 15 is 0 Å². The van der Waals surface area contributed by atoms with Crippen LogP contribution in [0.2, 0.25) is 0 Å². The van der Waals surface area contributed by atoms with E-state index < -0.39 is 6.04 Å². The highest BCUT2D eigenvalue weighted by atomic mass is 79.9. The Morgan fingerprint density at radius 1 is 1.71 bits per heavy atom. The molecule has 5 heteroatoms. The number of amides is 1. The number of nitrogens with two attached hydrogens (primary N) is 1. The van der Waals surface area contributed by atoms with Crippen LogP contribution in [0, 0.1) is 6.92 Å². The molecule has 0 unspecified atom stereocenters. The fraction of sp³-hybridized carbons (Fsp3) is 0.333. The Kier molecular flexibility index (Phi) is 3.60. The average molecular weight is 258 g/mol. The number of carbonyl (C=O) groups excluding carboxylic acids is 1. The van der Waals surface area contributed by atoms with Crippen LogP contribution in [0.3, 0.4) is 0 Å². The quantitative estimate of drug-likeness (QED) is 0.843. The first-order chi connectivity index (χ1) is 6.50. The molecule has 0 saturated heterocycles.